The van der Waals surface area contributed by atoms with Crippen LogP contribution in [0.15, 0.2) is 28.9 Å². The SMILES string of the molecule is C[C@H](O)C(=O)N1CCN(Cc2cc(F)cnc2Oc2ccc3c(nnn3CC3CC3)c2Br)CC1. The van der Waals surface area contributed by atoms with Crippen LogP contribution in [0.2, 0.25) is 0 Å². The van der Waals surface area contributed by atoms with Gasteiger partial charge in [-0.1, -0.05) is 5.21 Å². The van der Waals surface area contributed by atoms with Crippen LogP contribution in [0.4, 0.5) is 4.39 Å². The highest BCUT2D eigenvalue weighted by Gasteiger charge is 2.26. The zero-order valence-corrected chi connectivity index (χ0v) is 20.4. The number of hydrogen-bond acceptors (Lipinski definition) is 7. The van der Waals surface area contributed by atoms with Crippen LogP contribution in [-0.4, -0.2) is 73.1 Å². The van der Waals surface area contributed by atoms with Crippen molar-refractivity contribution >= 4 is 32.9 Å². The number of pyridine rings is 1. The van der Waals surface area contributed by atoms with Gasteiger partial charge < -0.3 is 14.7 Å². The standard InChI is InChI=1S/C23H26BrFN6O3/c1-14(32)23(33)30-8-6-29(7-9-30)13-16-10-17(25)11-26-22(16)34-19-5-4-18-21(20(19)24)27-28-31(18)12-15-2-3-15/h4-5,10-11,14-15,32H,2-3,6-9,12-13H2,1H3/t14-/m0/s1. The summed E-state index contributed by atoms with van der Waals surface area (Å²) >= 11 is 3.59. The molecule has 1 saturated carbocycles. The molecular formula is C23H26BrFN6O3. The van der Waals surface area contributed by atoms with Gasteiger partial charge in [0.25, 0.3) is 5.91 Å². The summed E-state index contributed by atoms with van der Waals surface area (Å²) in [5, 5.41) is 18.1. The molecule has 0 unspecified atom stereocenters. The van der Waals surface area contributed by atoms with Crippen molar-refractivity contribution in [2.75, 3.05) is 26.2 Å². The first kappa shape index (κ1) is 23.1. The normalized spacial score (nSPS) is 17.8. The second-order valence-electron chi connectivity index (χ2n) is 8.96. The number of aromatic nitrogens is 4. The van der Waals surface area contributed by atoms with Gasteiger partial charge in [0.2, 0.25) is 5.88 Å². The number of nitrogens with zero attached hydrogens (tertiary/aromatic N) is 6. The van der Waals surface area contributed by atoms with Crippen LogP contribution in [0.3, 0.4) is 0 Å². The molecule has 1 aromatic carbocycles. The van der Waals surface area contributed by atoms with Crippen LogP contribution in [0.5, 0.6) is 11.6 Å². The minimum Gasteiger partial charge on any atom is -0.437 e. The minimum atomic E-state index is -1.01. The van der Waals surface area contributed by atoms with E-state index in [1.807, 2.05) is 16.8 Å². The highest BCUT2D eigenvalue weighted by Crippen LogP contribution is 2.37. The number of fused-ring (bicyclic) bond motifs is 1. The predicted molar refractivity (Wildman–Crippen MR) is 126 cm³/mol. The number of carbonyl (C=O) groups excluding carboxylic acids is 1. The maximum absolute atomic E-state index is 14.0. The van der Waals surface area contributed by atoms with Crippen molar-refractivity contribution in [3.05, 3.63) is 40.2 Å². The van der Waals surface area contributed by atoms with Gasteiger partial charge >= 0.3 is 0 Å². The summed E-state index contributed by atoms with van der Waals surface area (Å²) < 4.78 is 22.8. The summed E-state index contributed by atoms with van der Waals surface area (Å²) in [6.45, 7) is 4.97. The molecule has 9 nitrogen and oxygen atoms in total. The summed E-state index contributed by atoms with van der Waals surface area (Å²) in [6.07, 6.45) is 2.59. The second kappa shape index (κ2) is 9.55. The lowest BCUT2D eigenvalue weighted by molar-refractivity contribution is -0.141. The van der Waals surface area contributed by atoms with Gasteiger partial charge in [0.1, 0.15) is 23.2 Å². The van der Waals surface area contributed by atoms with E-state index in [4.69, 9.17) is 4.74 Å². The van der Waals surface area contributed by atoms with E-state index in [1.165, 1.54) is 25.8 Å². The number of carbonyl (C=O) groups is 1. The van der Waals surface area contributed by atoms with Gasteiger partial charge in [-0.15, -0.1) is 5.10 Å². The van der Waals surface area contributed by atoms with Gasteiger partial charge in [-0.2, -0.15) is 0 Å². The number of benzene rings is 1. The minimum absolute atomic E-state index is 0.273. The van der Waals surface area contributed by atoms with Crippen LogP contribution < -0.4 is 4.74 Å². The van der Waals surface area contributed by atoms with E-state index < -0.39 is 11.9 Å². The Morgan fingerprint density at radius 2 is 2.06 bits per heavy atom. The number of aliphatic hydroxyl groups is 1. The number of aliphatic hydroxyl groups excluding tert-OH is 1. The van der Waals surface area contributed by atoms with Gasteiger partial charge in [-0.3, -0.25) is 9.69 Å². The molecule has 2 fully saturated rings. The zero-order valence-electron chi connectivity index (χ0n) is 18.8. The first-order valence-corrected chi connectivity index (χ1v) is 12.2. The summed E-state index contributed by atoms with van der Waals surface area (Å²) in [7, 11) is 0. The number of hydrogen-bond donors (Lipinski definition) is 1. The van der Waals surface area contributed by atoms with Crippen molar-refractivity contribution in [2.24, 2.45) is 5.92 Å². The number of rotatable bonds is 7. The molecule has 2 aromatic heterocycles. The summed E-state index contributed by atoms with van der Waals surface area (Å²) in [6, 6.07) is 5.20. The molecule has 34 heavy (non-hydrogen) atoms. The topological polar surface area (TPSA) is 96.6 Å². The predicted octanol–water partition coefficient (Wildman–Crippen LogP) is 2.96. The van der Waals surface area contributed by atoms with Gasteiger partial charge in [-0.05, 0) is 59.8 Å². The number of amides is 1. The van der Waals surface area contributed by atoms with Crippen LogP contribution in [-0.2, 0) is 17.9 Å². The highest BCUT2D eigenvalue weighted by atomic mass is 79.9. The van der Waals surface area contributed by atoms with E-state index >= 15 is 0 Å². The molecule has 1 aliphatic carbocycles. The lowest BCUT2D eigenvalue weighted by Gasteiger charge is -2.35. The van der Waals surface area contributed by atoms with Crippen LogP contribution in [0, 0.1) is 11.7 Å². The fourth-order valence-electron chi connectivity index (χ4n) is 4.15. The molecule has 3 aromatic rings. The maximum atomic E-state index is 14.0. The quantitative estimate of drug-likeness (QED) is 0.499. The monoisotopic (exact) mass is 532 g/mol. The highest BCUT2D eigenvalue weighted by molar-refractivity contribution is 9.10. The Labute approximate surface area is 204 Å². The maximum Gasteiger partial charge on any atom is 0.251 e. The lowest BCUT2D eigenvalue weighted by Crippen LogP contribution is -2.50. The molecule has 1 saturated heterocycles. The van der Waals surface area contributed by atoms with Crippen LogP contribution in [0.1, 0.15) is 25.3 Å². The molecule has 5 rings (SSSR count). The van der Waals surface area contributed by atoms with E-state index in [2.05, 4.69) is 36.1 Å². The summed E-state index contributed by atoms with van der Waals surface area (Å²) in [5.41, 5.74) is 2.25. The van der Waals surface area contributed by atoms with Gasteiger partial charge in [0.05, 0.1) is 16.2 Å². The van der Waals surface area contributed by atoms with E-state index in [0.29, 0.717) is 65.8 Å². The van der Waals surface area contributed by atoms with Crippen molar-refractivity contribution in [2.45, 2.75) is 39.0 Å². The van der Waals surface area contributed by atoms with Crippen molar-refractivity contribution < 1.29 is 19.0 Å². The molecule has 1 atom stereocenters. The van der Waals surface area contributed by atoms with Gasteiger partial charge in [-0.25, -0.2) is 14.1 Å². The average molecular weight is 533 g/mol. The molecule has 0 bridgehead atoms. The molecule has 11 heteroatoms. The summed E-state index contributed by atoms with van der Waals surface area (Å²) in [4.78, 5) is 20.0. The third-order valence-electron chi connectivity index (χ3n) is 6.25. The number of ether oxygens (including phenoxy) is 1. The van der Waals surface area contributed by atoms with Crippen molar-refractivity contribution in [3.8, 4) is 11.6 Å². The van der Waals surface area contributed by atoms with Crippen molar-refractivity contribution in [1.82, 2.24) is 29.8 Å². The lowest BCUT2D eigenvalue weighted by atomic mass is 10.2. The second-order valence-corrected chi connectivity index (χ2v) is 9.75. The first-order chi connectivity index (χ1) is 16.4. The molecule has 1 aliphatic heterocycles. The summed E-state index contributed by atoms with van der Waals surface area (Å²) in [5.74, 6) is 0.804. The largest absolute Gasteiger partial charge is 0.437 e. The number of halogens is 2. The van der Waals surface area contributed by atoms with Crippen molar-refractivity contribution in [3.63, 3.8) is 0 Å². The molecule has 3 heterocycles. The molecule has 1 N–H and O–H groups in total. The van der Waals surface area contributed by atoms with E-state index in [0.717, 1.165) is 18.3 Å². The van der Waals surface area contributed by atoms with Gasteiger partial charge in [0.15, 0.2) is 0 Å². The van der Waals surface area contributed by atoms with Crippen LogP contribution in [0.25, 0.3) is 11.0 Å². The fourth-order valence-corrected chi connectivity index (χ4v) is 4.65. The van der Waals surface area contributed by atoms with E-state index in [-0.39, 0.29) is 5.91 Å². The Kier molecular flexibility index (Phi) is 6.50. The number of piperazine rings is 1. The Morgan fingerprint density at radius 3 is 2.76 bits per heavy atom. The Morgan fingerprint density at radius 1 is 1.29 bits per heavy atom. The van der Waals surface area contributed by atoms with Crippen LogP contribution >= 0.6 is 15.9 Å². The first-order valence-electron chi connectivity index (χ1n) is 11.4. The Hall–Kier alpha value is -2.63. The Balaban J connectivity index is 1.32. The molecule has 0 radical (unpaired) electrons. The fraction of sp³-hybridized carbons (Fsp3) is 0.478. The zero-order chi connectivity index (χ0) is 23.8. The molecule has 180 valence electrons. The molecule has 2 aliphatic rings. The molecular weight excluding hydrogens is 507 g/mol. The third kappa shape index (κ3) is 4.91. The van der Waals surface area contributed by atoms with E-state index in [9.17, 15) is 14.3 Å². The smallest absolute Gasteiger partial charge is 0.251 e. The van der Waals surface area contributed by atoms with Gasteiger partial charge in [0, 0.05) is 44.8 Å². The third-order valence-corrected chi connectivity index (χ3v) is 7.02. The van der Waals surface area contributed by atoms with E-state index in [1.54, 1.807) is 4.90 Å². The van der Waals surface area contributed by atoms with Crippen molar-refractivity contribution in [1.29, 1.82) is 0 Å². The molecule has 0 spiro atoms. The average Bonchev–Trinajstić information content (AvgIpc) is 3.55. The molecule has 1 amide bonds. The Bertz CT molecular complexity index is 1210.